The fourth-order valence-electron chi connectivity index (χ4n) is 7.91. The lowest BCUT2D eigenvalue weighted by Crippen LogP contribution is -2.12. The fourth-order valence-corrected chi connectivity index (χ4v) is 9.12. The Morgan fingerprint density at radius 3 is 1.64 bits per heavy atom. The molecule has 9 aromatic rings. The van der Waals surface area contributed by atoms with E-state index in [0.717, 1.165) is 11.4 Å². The molecule has 0 N–H and O–H groups in total. The summed E-state index contributed by atoms with van der Waals surface area (Å²) in [7, 11) is 0. The van der Waals surface area contributed by atoms with Gasteiger partial charge in [0, 0.05) is 26.7 Å². The Bertz CT molecular complexity index is 2700. The second-order valence-corrected chi connectivity index (χ2v) is 14.9. The van der Waals surface area contributed by atoms with E-state index in [4.69, 9.17) is 0 Å². The zero-order valence-corrected chi connectivity index (χ0v) is 33.0. The molecule has 0 saturated carbocycles. The maximum Gasteiger partial charge on any atom is 0.0640 e. The Labute approximate surface area is 329 Å². The summed E-state index contributed by atoms with van der Waals surface area (Å²) in [5, 5.41) is 2.58. The van der Waals surface area contributed by atoms with Gasteiger partial charge in [-0.3, -0.25) is 0 Å². The number of benzene rings is 8. The van der Waals surface area contributed by atoms with Crippen LogP contribution in [0.2, 0.25) is 0 Å². The largest absolute Gasteiger partial charge is 0.308 e. The molecule has 1 heterocycles. The molecule has 2 heteroatoms. The Kier molecular flexibility index (Phi) is 10.2. The molecule has 0 radical (unpaired) electrons. The molecule has 1 nitrogen and oxygen atoms in total. The quantitative estimate of drug-likeness (QED) is 0.158. The molecule has 0 aliphatic rings. The first-order chi connectivity index (χ1) is 27.0. The number of hydrogen-bond acceptors (Lipinski definition) is 2. The molecule has 0 saturated heterocycles. The van der Waals surface area contributed by atoms with Gasteiger partial charge >= 0.3 is 0 Å². The SMILES string of the molecule is CC.Cc1ccccc1-c1cccc(-c2c(C)cccc2N(c2cc(-c3ccccc3)cc(-c3ccccc3)c2)c2cccc3c2sc2ccccc23)c1C. The number of hydrogen-bond donors (Lipinski definition) is 0. The number of anilines is 3. The van der Waals surface area contributed by atoms with Crippen LogP contribution >= 0.6 is 11.3 Å². The highest BCUT2D eigenvalue weighted by molar-refractivity contribution is 7.26. The molecule has 0 amide bonds. The third-order valence-electron chi connectivity index (χ3n) is 10.5. The van der Waals surface area contributed by atoms with Gasteiger partial charge in [-0.2, -0.15) is 0 Å². The standard InChI is InChI=1S/C51H39NS.C2H6/c1-34-17-10-11-23-42(34)43-25-15-26-44(36(43)3)50-35(2)18-14-28-47(50)52(48-29-16-27-46-45-24-12-13-30-49(45)53-51(46)48)41-32-39(37-19-6-4-7-20-37)31-40(33-41)38-21-8-5-9-22-38;1-2/h4-33H,1-3H3;1-2H3. The Morgan fingerprint density at radius 1 is 0.400 bits per heavy atom. The molecule has 0 atom stereocenters. The van der Waals surface area contributed by atoms with Crippen molar-refractivity contribution in [1.82, 2.24) is 0 Å². The van der Waals surface area contributed by atoms with Crippen molar-refractivity contribution >= 4 is 48.6 Å². The monoisotopic (exact) mass is 727 g/mol. The zero-order valence-electron chi connectivity index (χ0n) is 32.2. The smallest absolute Gasteiger partial charge is 0.0640 e. The van der Waals surface area contributed by atoms with Crippen molar-refractivity contribution in [2.45, 2.75) is 34.6 Å². The van der Waals surface area contributed by atoms with E-state index < -0.39 is 0 Å². The van der Waals surface area contributed by atoms with Crippen molar-refractivity contribution in [2.24, 2.45) is 0 Å². The Balaban J connectivity index is 0.00000210. The van der Waals surface area contributed by atoms with Crippen LogP contribution in [0.25, 0.3) is 64.7 Å². The van der Waals surface area contributed by atoms with Crippen LogP contribution in [-0.4, -0.2) is 0 Å². The first-order valence-corrected chi connectivity index (χ1v) is 20.1. The van der Waals surface area contributed by atoms with Gasteiger partial charge in [0.15, 0.2) is 0 Å². The van der Waals surface area contributed by atoms with Crippen molar-refractivity contribution in [3.8, 4) is 44.5 Å². The van der Waals surface area contributed by atoms with Crippen LogP contribution in [-0.2, 0) is 0 Å². The molecule has 8 aromatic carbocycles. The Hall–Kier alpha value is -6.22. The van der Waals surface area contributed by atoms with Crippen molar-refractivity contribution in [1.29, 1.82) is 0 Å². The molecule has 0 unspecified atom stereocenters. The molecule has 0 fully saturated rings. The van der Waals surface area contributed by atoms with E-state index in [9.17, 15) is 0 Å². The predicted octanol–water partition coefficient (Wildman–Crippen LogP) is 16.1. The highest BCUT2D eigenvalue weighted by atomic mass is 32.1. The Morgan fingerprint density at radius 2 is 0.927 bits per heavy atom. The lowest BCUT2D eigenvalue weighted by Gasteiger charge is -2.30. The summed E-state index contributed by atoms with van der Waals surface area (Å²) < 4.78 is 2.57. The van der Waals surface area contributed by atoms with Gasteiger partial charge in [-0.05, 0) is 113 Å². The predicted molar refractivity (Wildman–Crippen MR) is 241 cm³/mol. The minimum absolute atomic E-state index is 1.12. The lowest BCUT2D eigenvalue weighted by atomic mass is 9.88. The summed E-state index contributed by atoms with van der Waals surface area (Å²) in [6.45, 7) is 10.7. The molecule has 0 aliphatic carbocycles. The normalized spacial score (nSPS) is 11.0. The second-order valence-electron chi connectivity index (χ2n) is 13.9. The average molecular weight is 728 g/mol. The maximum atomic E-state index is 2.53. The van der Waals surface area contributed by atoms with Crippen LogP contribution in [0.1, 0.15) is 30.5 Å². The molecule has 55 heavy (non-hydrogen) atoms. The van der Waals surface area contributed by atoms with E-state index in [0.29, 0.717) is 0 Å². The molecule has 0 aliphatic heterocycles. The van der Waals surface area contributed by atoms with Gasteiger partial charge in [0.2, 0.25) is 0 Å². The highest BCUT2D eigenvalue weighted by Crippen LogP contribution is 2.50. The minimum atomic E-state index is 1.12. The van der Waals surface area contributed by atoms with Crippen molar-refractivity contribution < 1.29 is 0 Å². The van der Waals surface area contributed by atoms with E-state index in [2.05, 4.69) is 208 Å². The number of rotatable bonds is 7. The summed E-state index contributed by atoms with van der Waals surface area (Å²) in [5.41, 5.74) is 17.0. The van der Waals surface area contributed by atoms with E-state index in [1.54, 1.807) is 0 Å². The first kappa shape index (κ1) is 35.8. The van der Waals surface area contributed by atoms with E-state index >= 15 is 0 Å². The van der Waals surface area contributed by atoms with E-state index in [1.807, 2.05) is 25.2 Å². The van der Waals surface area contributed by atoms with Crippen LogP contribution in [0.3, 0.4) is 0 Å². The summed E-state index contributed by atoms with van der Waals surface area (Å²) in [6, 6.07) is 66.5. The summed E-state index contributed by atoms with van der Waals surface area (Å²) in [5.74, 6) is 0. The van der Waals surface area contributed by atoms with Crippen molar-refractivity contribution in [3.05, 3.63) is 199 Å². The molecule has 9 rings (SSSR count). The van der Waals surface area contributed by atoms with Gasteiger partial charge in [0.25, 0.3) is 0 Å². The van der Waals surface area contributed by atoms with Crippen LogP contribution in [0, 0.1) is 20.8 Å². The van der Waals surface area contributed by atoms with Gasteiger partial charge in [0.1, 0.15) is 0 Å². The first-order valence-electron chi connectivity index (χ1n) is 19.3. The lowest BCUT2D eigenvalue weighted by molar-refractivity contribution is 1.28. The van der Waals surface area contributed by atoms with E-state index in [-0.39, 0.29) is 0 Å². The second kappa shape index (κ2) is 15.6. The number of fused-ring (bicyclic) bond motifs is 3. The molecular formula is C53H45NS. The van der Waals surface area contributed by atoms with Crippen LogP contribution in [0.15, 0.2) is 182 Å². The third kappa shape index (κ3) is 6.75. The summed E-state index contributed by atoms with van der Waals surface area (Å²) >= 11 is 1.88. The van der Waals surface area contributed by atoms with Crippen LogP contribution in [0.4, 0.5) is 17.1 Å². The molecular weight excluding hydrogens is 683 g/mol. The van der Waals surface area contributed by atoms with Gasteiger partial charge < -0.3 is 4.90 Å². The number of thiophene rings is 1. The molecule has 0 spiro atoms. The number of aryl methyl sites for hydroxylation is 2. The number of nitrogens with zero attached hydrogens (tertiary/aromatic N) is 1. The van der Waals surface area contributed by atoms with Gasteiger partial charge in [-0.15, -0.1) is 11.3 Å². The van der Waals surface area contributed by atoms with Crippen molar-refractivity contribution in [3.63, 3.8) is 0 Å². The van der Waals surface area contributed by atoms with Crippen LogP contribution in [0.5, 0.6) is 0 Å². The van der Waals surface area contributed by atoms with E-state index in [1.165, 1.54) is 87.1 Å². The molecule has 268 valence electrons. The van der Waals surface area contributed by atoms with Gasteiger partial charge in [0.05, 0.1) is 16.1 Å². The van der Waals surface area contributed by atoms with Crippen LogP contribution < -0.4 is 4.90 Å². The third-order valence-corrected chi connectivity index (χ3v) is 11.8. The van der Waals surface area contributed by atoms with Gasteiger partial charge in [-0.1, -0.05) is 159 Å². The summed E-state index contributed by atoms with van der Waals surface area (Å²) in [4.78, 5) is 2.53. The molecule has 0 bridgehead atoms. The average Bonchev–Trinajstić information content (AvgIpc) is 3.63. The summed E-state index contributed by atoms with van der Waals surface area (Å²) in [6.07, 6.45) is 0. The van der Waals surface area contributed by atoms with Crippen molar-refractivity contribution in [2.75, 3.05) is 4.90 Å². The highest BCUT2D eigenvalue weighted by Gasteiger charge is 2.24. The topological polar surface area (TPSA) is 3.24 Å². The maximum absolute atomic E-state index is 2.53. The zero-order chi connectivity index (χ0) is 37.9. The minimum Gasteiger partial charge on any atom is -0.308 e. The molecule has 1 aromatic heterocycles. The fraction of sp³-hybridized carbons (Fsp3) is 0.0943. The van der Waals surface area contributed by atoms with Gasteiger partial charge in [-0.25, -0.2) is 0 Å².